The Morgan fingerprint density at radius 1 is 1.11 bits per heavy atom. The van der Waals surface area contributed by atoms with Gasteiger partial charge in [0.2, 0.25) is 5.91 Å². The largest absolute Gasteiger partial charge is 0.459 e. The van der Waals surface area contributed by atoms with Crippen molar-refractivity contribution < 1.29 is 13.6 Å². The Balaban J connectivity index is 1.52. The number of rotatable bonds is 5. The van der Waals surface area contributed by atoms with Crippen molar-refractivity contribution in [3.63, 3.8) is 0 Å². The van der Waals surface area contributed by atoms with Crippen LogP contribution in [0.1, 0.15) is 11.3 Å². The van der Waals surface area contributed by atoms with E-state index in [4.69, 9.17) is 4.42 Å². The number of carbonyl (C=O) groups is 1. The minimum absolute atomic E-state index is 0.0240. The summed E-state index contributed by atoms with van der Waals surface area (Å²) < 4.78 is 18.7. The third-order valence-electron chi connectivity index (χ3n) is 4.13. The van der Waals surface area contributed by atoms with Crippen LogP contribution in [0.4, 0.5) is 10.1 Å². The van der Waals surface area contributed by atoms with Gasteiger partial charge in [-0.2, -0.15) is 0 Å². The highest BCUT2D eigenvalue weighted by molar-refractivity contribution is 5.95. The molecular formula is C20H21FN4O2. The van der Waals surface area contributed by atoms with Gasteiger partial charge in [-0.15, -0.1) is 0 Å². The number of hydrogen-bond acceptors (Lipinski definition) is 3. The highest BCUT2D eigenvalue weighted by Crippen LogP contribution is 2.24. The summed E-state index contributed by atoms with van der Waals surface area (Å²) >= 11 is 0. The normalized spacial score (nSPS) is 11.4. The molecule has 0 aliphatic rings. The fourth-order valence-electron chi connectivity index (χ4n) is 2.68. The van der Waals surface area contributed by atoms with E-state index in [1.54, 1.807) is 7.05 Å². The Bertz CT molecular complexity index is 964. The van der Waals surface area contributed by atoms with E-state index in [1.807, 2.05) is 31.2 Å². The molecule has 1 heterocycles. The molecule has 1 amide bonds. The van der Waals surface area contributed by atoms with E-state index < -0.39 is 0 Å². The van der Waals surface area contributed by atoms with Crippen LogP contribution in [0.5, 0.6) is 0 Å². The summed E-state index contributed by atoms with van der Waals surface area (Å²) in [5, 5.41) is 9.82. The number of benzene rings is 2. The number of amides is 1. The lowest BCUT2D eigenvalue weighted by Gasteiger charge is -2.11. The van der Waals surface area contributed by atoms with Crippen LogP contribution >= 0.6 is 0 Å². The molecule has 0 fully saturated rings. The number of guanidine groups is 1. The van der Waals surface area contributed by atoms with Gasteiger partial charge in [0.05, 0.1) is 13.1 Å². The molecule has 0 bridgehead atoms. The standard InChI is InChI=1S/C20H21FN4O2/c1-13-16-5-3-4-6-17(16)27-18(13)11-23-20(22-2)24-12-19(26)25-15-9-7-14(21)8-10-15/h3-10H,11-12H2,1-2H3,(H,25,26)(H2,22,23,24). The predicted octanol–water partition coefficient (Wildman–Crippen LogP) is 3.18. The second kappa shape index (κ2) is 8.35. The maximum absolute atomic E-state index is 12.9. The lowest BCUT2D eigenvalue weighted by Crippen LogP contribution is -2.41. The van der Waals surface area contributed by atoms with Gasteiger partial charge < -0.3 is 20.4 Å². The summed E-state index contributed by atoms with van der Waals surface area (Å²) in [6, 6.07) is 13.4. The first kappa shape index (κ1) is 18.4. The molecule has 3 rings (SSSR count). The summed E-state index contributed by atoms with van der Waals surface area (Å²) in [5.74, 6) is 0.681. The molecule has 3 aromatic rings. The Kier molecular flexibility index (Phi) is 5.71. The average Bonchev–Trinajstić information content (AvgIpc) is 3.00. The molecule has 7 heteroatoms. The number of hydrogen-bond donors (Lipinski definition) is 3. The monoisotopic (exact) mass is 368 g/mol. The molecule has 0 atom stereocenters. The van der Waals surface area contributed by atoms with Crippen molar-refractivity contribution in [2.45, 2.75) is 13.5 Å². The molecule has 27 heavy (non-hydrogen) atoms. The maximum Gasteiger partial charge on any atom is 0.243 e. The van der Waals surface area contributed by atoms with Crippen LogP contribution in [0.3, 0.4) is 0 Å². The van der Waals surface area contributed by atoms with Gasteiger partial charge in [-0.3, -0.25) is 9.79 Å². The lowest BCUT2D eigenvalue weighted by molar-refractivity contribution is -0.115. The van der Waals surface area contributed by atoms with E-state index in [1.165, 1.54) is 24.3 Å². The van der Waals surface area contributed by atoms with E-state index in [0.29, 0.717) is 18.2 Å². The molecule has 0 unspecified atom stereocenters. The fraction of sp³-hybridized carbons (Fsp3) is 0.200. The van der Waals surface area contributed by atoms with Gasteiger partial charge >= 0.3 is 0 Å². The van der Waals surface area contributed by atoms with Crippen molar-refractivity contribution >= 4 is 28.5 Å². The van der Waals surface area contributed by atoms with Gasteiger partial charge in [-0.25, -0.2) is 4.39 Å². The summed E-state index contributed by atoms with van der Waals surface area (Å²) in [6.45, 7) is 2.48. The van der Waals surface area contributed by atoms with E-state index in [-0.39, 0.29) is 18.3 Å². The smallest absolute Gasteiger partial charge is 0.243 e. The highest BCUT2D eigenvalue weighted by atomic mass is 19.1. The minimum atomic E-state index is -0.350. The highest BCUT2D eigenvalue weighted by Gasteiger charge is 2.11. The maximum atomic E-state index is 12.9. The quantitative estimate of drug-likeness (QED) is 0.477. The van der Waals surface area contributed by atoms with E-state index in [2.05, 4.69) is 20.9 Å². The molecule has 0 aliphatic heterocycles. The van der Waals surface area contributed by atoms with Gasteiger partial charge in [-0.1, -0.05) is 18.2 Å². The van der Waals surface area contributed by atoms with Crippen LogP contribution in [0.2, 0.25) is 0 Å². The Morgan fingerprint density at radius 2 is 1.85 bits per heavy atom. The zero-order valence-corrected chi connectivity index (χ0v) is 15.2. The van der Waals surface area contributed by atoms with E-state index in [0.717, 1.165) is 22.3 Å². The molecule has 0 spiro atoms. The number of furan rings is 1. The van der Waals surface area contributed by atoms with Gasteiger partial charge in [0.25, 0.3) is 0 Å². The van der Waals surface area contributed by atoms with Crippen LogP contribution in [0.15, 0.2) is 57.9 Å². The SMILES string of the molecule is CN=C(NCC(=O)Nc1ccc(F)cc1)NCc1oc2ccccc2c1C. The third kappa shape index (κ3) is 4.63. The third-order valence-corrected chi connectivity index (χ3v) is 4.13. The number of nitrogens with one attached hydrogen (secondary N) is 3. The molecule has 2 aromatic carbocycles. The Morgan fingerprint density at radius 3 is 2.56 bits per heavy atom. The second-order valence-electron chi connectivity index (χ2n) is 5.98. The fourth-order valence-corrected chi connectivity index (χ4v) is 2.68. The van der Waals surface area contributed by atoms with E-state index >= 15 is 0 Å². The number of nitrogens with zero attached hydrogens (tertiary/aromatic N) is 1. The van der Waals surface area contributed by atoms with Crippen molar-refractivity contribution in [3.8, 4) is 0 Å². The molecule has 1 aromatic heterocycles. The van der Waals surface area contributed by atoms with E-state index in [9.17, 15) is 9.18 Å². The van der Waals surface area contributed by atoms with Crippen molar-refractivity contribution in [3.05, 3.63) is 65.7 Å². The number of fused-ring (bicyclic) bond motifs is 1. The molecule has 0 aliphatic carbocycles. The van der Waals surface area contributed by atoms with Crippen molar-refractivity contribution in [2.75, 3.05) is 18.9 Å². The van der Waals surface area contributed by atoms with Crippen LogP contribution in [0.25, 0.3) is 11.0 Å². The van der Waals surface area contributed by atoms with Crippen LogP contribution < -0.4 is 16.0 Å². The molecule has 140 valence electrons. The first-order valence-electron chi connectivity index (χ1n) is 8.54. The first-order chi connectivity index (χ1) is 13.1. The summed E-state index contributed by atoms with van der Waals surface area (Å²) in [5.41, 5.74) is 2.44. The topological polar surface area (TPSA) is 78.7 Å². The zero-order valence-electron chi connectivity index (χ0n) is 15.2. The molecule has 0 saturated heterocycles. The molecule has 0 radical (unpaired) electrons. The summed E-state index contributed by atoms with van der Waals surface area (Å²) in [6.07, 6.45) is 0. The number of carbonyl (C=O) groups excluding carboxylic acids is 1. The van der Waals surface area contributed by atoms with Gasteiger partial charge in [0.1, 0.15) is 17.2 Å². The zero-order chi connectivity index (χ0) is 19.2. The number of para-hydroxylation sites is 1. The molecule has 3 N–H and O–H groups in total. The first-order valence-corrected chi connectivity index (χ1v) is 8.54. The Hall–Kier alpha value is -3.35. The summed E-state index contributed by atoms with van der Waals surface area (Å²) in [4.78, 5) is 16.1. The predicted molar refractivity (Wildman–Crippen MR) is 104 cm³/mol. The van der Waals surface area contributed by atoms with Gasteiger partial charge in [-0.05, 0) is 37.3 Å². The van der Waals surface area contributed by atoms with Crippen molar-refractivity contribution in [1.82, 2.24) is 10.6 Å². The molecule has 6 nitrogen and oxygen atoms in total. The van der Waals surface area contributed by atoms with Crippen LogP contribution in [0, 0.1) is 12.7 Å². The number of halogens is 1. The average molecular weight is 368 g/mol. The number of aliphatic imine (C=N–C) groups is 1. The van der Waals surface area contributed by atoms with Gasteiger partial charge in [0, 0.05) is 23.7 Å². The van der Waals surface area contributed by atoms with Crippen LogP contribution in [-0.2, 0) is 11.3 Å². The number of anilines is 1. The Labute approximate surface area is 156 Å². The lowest BCUT2D eigenvalue weighted by atomic mass is 10.1. The number of aryl methyl sites for hydroxylation is 1. The van der Waals surface area contributed by atoms with Crippen molar-refractivity contribution in [2.24, 2.45) is 4.99 Å². The summed E-state index contributed by atoms with van der Waals surface area (Å²) in [7, 11) is 1.62. The van der Waals surface area contributed by atoms with Crippen LogP contribution in [-0.4, -0.2) is 25.5 Å². The minimum Gasteiger partial charge on any atom is -0.459 e. The molecule has 0 saturated carbocycles. The van der Waals surface area contributed by atoms with Gasteiger partial charge in [0.15, 0.2) is 5.96 Å². The molecular weight excluding hydrogens is 347 g/mol. The van der Waals surface area contributed by atoms with Crippen molar-refractivity contribution in [1.29, 1.82) is 0 Å². The second-order valence-corrected chi connectivity index (χ2v) is 5.98.